The lowest BCUT2D eigenvalue weighted by atomic mass is 10.4. The molecule has 0 saturated carbocycles. The zero-order chi connectivity index (χ0) is 8.04. The van der Waals surface area contributed by atoms with Crippen molar-refractivity contribution in [3.8, 4) is 0 Å². The third kappa shape index (κ3) is 4.52. The normalized spacial score (nSPS) is 11.3. The lowest BCUT2D eigenvalue weighted by Gasteiger charge is -1.97. The van der Waals surface area contributed by atoms with Crippen molar-refractivity contribution in [2.24, 2.45) is 0 Å². The van der Waals surface area contributed by atoms with Crippen LogP contribution in [0.25, 0.3) is 0 Å². The Morgan fingerprint density at radius 1 is 1.60 bits per heavy atom. The third-order valence-electron chi connectivity index (χ3n) is 0.950. The van der Waals surface area contributed by atoms with Gasteiger partial charge in [0.25, 0.3) is 10.1 Å². The average molecular weight is 164 g/mol. The van der Waals surface area contributed by atoms with E-state index in [1.807, 2.05) is 6.92 Å². The fourth-order valence-corrected chi connectivity index (χ4v) is 0.814. The van der Waals surface area contributed by atoms with E-state index in [2.05, 4.69) is 10.8 Å². The van der Waals surface area contributed by atoms with Gasteiger partial charge in [0, 0.05) is 0 Å². The predicted molar refractivity (Wildman–Crippen MR) is 40.0 cm³/mol. The van der Waals surface area contributed by atoms with Crippen molar-refractivity contribution in [3.63, 3.8) is 0 Å². The molecule has 3 nitrogen and oxygen atoms in total. The second-order valence-corrected chi connectivity index (χ2v) is 3.39. The Hall–Kier alpha value is -0.350. The van der Waals surface area contributed by atoms with Gasteiger partial charge in [0.15, 0.2) is 0 Å². The van der Waals surface area contributed by atoms with E-state index in [0.29, 0.717) is 0 Å². The van der Waals surface area contributed by atoms with Crippen LogP contribution in [0, 0.1) is 0 Å². The lowest BCUT2D eigenvalue weighted by Crippen LogP contribution is -2.02. The van der Waals surface area contributed by atoms with E-state index in [9.17, 15) is 8.42 Å². The molecule has 0 fully saturated rings. The Balaban J connectivity index is 3.59. The summed E-state index contributed by atoms with van der Waals surface area (Å²) in [7, 11) is -3.43. The molecule has 0 aromatic rings. The smallest absolute Gasteiger partial charge is 0.267 e. The minimum Gasteiger partial charge on any atom is -0.267 e. The molecule has 0 amide bonds. The summed E-state index contributed by atoms with van der Waals surface area (Å²) in [5.41, 5.74) is 0. The van der Waals surface area contributed by atoms with Crippen molar-refractivity contribution in [2.75, 3.05) is 6.61 Å². The van der Waals surface area contributed by atoms with E-state index in [-0.39, 0.29) is 6.61 Å². The van der Waals surface area contributed by atoms with Gasteiger partial charge in [-0.3, -0.25) is 4.18 Å². The standard InChI is InChI=1S/C6H12O3S/c1-3-5-6-9-10(7,8)4-2/h4H,2-3,5-6H2,1H3. The molecular formula is C6H12O3S. The zero-order valence-electron chi connectivity index (χ0n) is 6.04. The molecule has 60 valence electrons. The van der Waals surface area contributed by atoms with Crippen molar-refractivity contribution in [3.05, 3.63) is 12.0 Å². The van der Waals surface area contributed by atoms with Gasteiger partial charge in [-0.1, -0.05) is 19.9 Å². The molecule has 0 saturated heterocycles. The van der Waals surface area contributed by atoms with Gasteiger partial charge < -0.3 is 0 Å². The molecule has 4 heteroatoms. The summed E-state index contributed by atoms with van der Waals surface area (Å²) in [6.07, 6.45) is 1.68. The van der Waals surface area contributed by atoms with Crippen molar-refractivity contribution in [1.82, 2.24) is 0 Å². The fraction of sp³-hybridized carbons (Fsp3) is 0.667. The molecule has 10 heavy (non-hydrogen) atoms. The van der Waals surface area contributed by atoms with Gasteiger partial charge >= 0.3 is 0 Å². The highest BCUT2D eigenvalue weighted by Crippen LogP contribution is 1.96. The number of rotatable bonds is 5. The average Bonchev–Trinajstić information content (AvgIpc) is 1.89. The molecule has 0 radical (unpaired) electrons. The molecule has 0 unspecified atom stereocenters. The number of hydrogen-bond acceptors (Lipinski definition) is 3. The molecule has 0 rings (SSSR count). The minimum atomic E-state index is -3.43. The van der Waals surface area contributed by atoms with Crippen LogP contribution in [-0.2, 0) is 14.3 Å². The Labute approximate surface area is 61.8 Å². The monoisotopic (exact) mass is 164 g/mol. The molecular weight excluding hydrogens is 152 g/mol. The second kappa shape index (κ2) is 4.46. The summed E-state index contributed by atoms with van der Waals surface area (Å²) >= 11 is 0. The topological polar surface area (TPSA) is 43.4 Å². The first-order valence-corrected chi connectivity index (χ1v) is 4.61. The summed E-state index contributed by atoms with van der Waals surface area (Å²) in [6, 6.07) is 0. The van der Waals surface area contributed by atoms with Gasteiger partial charge in [0.2, 0.25) is 0 Å². The minimum absolute atomic E-state index is 0.255. The van der Waals surface area contributed by atoms with Gasteiger partial charge in [0.1, 0.15) is 0 Å². The summed E-state index contributed by atoms with van der Waals surface area (Å²) in [5.74, 6) is 0. The number of hydrogen-bond donors (Lipinski definition) is 0. The number of unbranched alkanes of at least 4 members (excludes halogenated alkanes) is 1. The van der Waals surface area contributed by atoms with Crippen LogP contribution < -0.4 is 0 Å². The molecule has 0 aromatic heterocycles. The molecule has 0 aromatic carbocycles. The molecule has 0 atom stereocenters. The Morgan fingerprint density at radius 2 is 2.20 bits per heavy atom. The van der Waals surface area contributed by atoms with Crippen LogP contribution in [0.3, 0.4) is 0 Å². The van der Waals surface area contributed by atoms with Gasteiger partial charge in [-0.15, -0.1) is 0 Å². The Morgan fingerprint density at radius 3 is 2.60 bits per heavy atom. The van der Waals surface area contributed by atoms with Crippen LogP contribution in [0.15, 0.2) is 12.0 Å². The van der Waals surface area contributed by atoms with Crippen LogP contribution >= 0.6 is 0 Å². The first-order valence-electron chi connectivity index (χ1n) is 3.14. The van der Waals surface area contributed by atoms with Crippen molar-refractivity contribution in [2.45, 2.75) is 19.8 Å². The zero-order valence-corrected chi connectivity index (χ0v) is 6.86. The second-order valence-electron chi connectivity index (χ2n) is 1.83. The first-order chi connectivity index (χ1) is 4.62. The summed E-state index contributed by atoms with van der Waals surface area (Å²) in [6.45, 7) is 5.32. The maximum atomic E-state index is 10.5. The predicted octanol–water partition coefficient (Wildman–Crippen LogP) is 1.28. The molecule has 0 aliphatic carbocycles. The van der Waals surface area contributed by atoms with E-state index in [1.54, 1.807) is 0 Å². The SMILES string of the molecule is C=CS(=O)(=O)OCCCC. The van der Waals surface area contributed by atoms with Gasteiger partial charge in [-0.05, 0) is 6.42 Å². The van der Waals surface area contributed by atoms with Crippen LogP contribution in [0.1, 0.15) is 19.8 Å². The van der Waals surface area contributed by atoms with E-state index < -0.39 is 10.1 Å². The highest BCUT2D eigenvalue weighted by molar-refractivity contribution is 7.89. The third-order valence-corrected chi connectivity index (χ3v) is 1.85. The van der Waals surface area contributed by atoms with Crippen LogP contribution in [0.2, 0.25) is 0 Å². The van der Waals surface area contributed by atoms with Crippen LogP contribution in [-0.4, -0.2) is 15.0 Å². The molecule has 0 heterocycles. The van der Waals surface area contributed by atoms with Crippen molar-refractivity contribution < 1.29 is 12.6 Å². The van der Waals surface area contributed by atoms with Crippen LogP contribution in [0.5, 0.6) is 0 Å². The summed E-state index contributed by atoms with van der Waals surface area (Å²) in [5, 5.41) is 0.808. The van der Waals surface area contributed by atoms with E-state index in [0.717, 1.165) is 18.2 Å². The quantitative estimate of drug-likeness (QED) is 0.454. The van der Waals surface area contributed by atoms with E-state index in [1.165, 1.54) is 0 Å². The molecule has 0 N–H and O–H groups in total. The lowest BCUT2D eigenvalue weighted by molar-refractivity contribution is 0.316. The highest BCUT2D eigenvalue weighted by Gasteiger charge is 2.01. The molecule has 0 spiro atoms. The molecule has 0 bridgehead atoms. The maximum absolute atomic E-state index is 10.5. The van der Waals surface area contributed by atoms with Gasteiger partial charge in [0.05, 0.1) is 12.0 Å². The van der Waals surface area contributed by atoms with Gasteiger partial charge in [-0.25, -0.2) is 0 Å². The Bertz CT molecular complexity index is 181. The first kappa shape index (κ1) is 9.65. The fourth-order valence-electron chi connectivity index (χ4n) is 0.368. The summed E-state index contributed by atoms with van der Waals surface area (Å²) in [4.78, 5) is 0. The van der Waals surface area contributed by atoms with E-state index in [4.69, 9.17) is 0 Å². The Kier molecular flexibility index (Phi) is 4.31. The van der Waals surface area contributed by atoms with Gasteiger partial charge in [-0.2, -0.15) is 8.42 Å². The largest absolute Gasteiger partial charge is 0.289 e. The maximum Gasteiger partial charge on any atom is 0.289 e. The summed E-state index contributed by atoms with van der Waals surface area (Å²) < 4.78 is 25.5. The molecule has 0 aliphatic rings. The van der Waals surface area contributed by atoms with Crippen molar-refractivity contribution in [1.29, 1.82) is 0 Å². The van der Waals surface area contributed by atoms with Crippen molar-refractivity contribution >= 4 is 10.1 Å². The highest BCUT2D eigenvalue weighted by atomic mass is 32.2. The molecule has 0 aliphatic heterocycles. The van der Waals surface area contributed by atoms with E-state index >= 15 is 0 Å². The van der Waals surface area contributed by atoms with Crippen LogP contribution in [0.4, 0.5) is 0 Å².